The van der Waals surface area contributed by atoms with Crippen molar-refractivity contribution < 1.29 is 12.8 Å². The second-order valence-electron chi connectivity index (χ2n) is 5.61. The first-order valence-corrected chi connectivity index (χ1v) is 8.56. The fourth-order valence-electron chi connectivity index (χ4n) is 2.65. The van der Waals surface area contributed by atoms with Crippen molar-refractivity contribution in [3.05, 3.63) is 29.1 Å². The van der Waals surface area contributed by atoms with Crippen LogP contribution >= 0.6 is 0 Å². The lowest BCUT2D eigenvalue weighted by molar-refractivity contribution is 0.566. The number of benzene rings is 1. The van der Waals surface area contributed by atoms with Crippen LogP contribution in [0.4, 0.5) is 10.1 Å². The molecule has 1 heterocycles. The van der Waals surface area contributed by atoms with Crippen LogP contribution in [-0.4, -0.2) is 32.5 Å². The van der Waals surface area contributed by atoms with Crippen LogP contribution in [0.15, 0.2) is 12.1 Å². The van der Waals surface area contributed by atoms with Gasteiger partial charge in [-0.05, 0) is 44.0 Å². The summed E-state index contributed by atoms with van der Waals surface area (Å²) in [4.78, 5) is 2.02. The van der Waals surface area contributed by atoms with Crippen LogP contribution < -0.4 is 10.6 Å². The first-order chi connectivity index (χ1) is 9.21. The summed E-state index contributed by atoms with van der Waals surface area (Å²) < 4.78 is 37.1. The average Bonchev–Trinajstić information content (AvgIpc) is 2.31. The quantitative estimate of drug-likeness (QED) is 0.904. The van der Waals surface area contributed by atoms with Crippen LogP contribution in [0.3, 0.4) is 0 Å². The first kappa shape index (κ1) is 15.3. The smallest absolute Gasteiger partial charge is 0.154 e. The van der Waals surface area contributed by atoms with Crippen LogP contribution in [0.2, 0.25) is 0 Å². The van der Waals surface area contributed by atoms with Gasteiger partial charge in [-0.2, -0.15) is 0 Å². The van der Waals surface area contributed by atoms with E-state index in [1.165, 1.54) is 6.07 Å². The molecular formula is C14H21FN2O2S. The highest BCUT2D eigenvalue weighted by Gasteiger charge is 2.30. The Hall–Kier alpha value is -1.14. The molecule has 1 fully saturated rings. The van der Waals surface area contributed by atoms with Crippen molar-refractivity contribution in [3.8, 4) is 0 Å². The molecule has 2 rings (SSSR count). The molecule has 1 aromatic carbocycles. The molecule has 2 atom stereocenters. The summed E-state index contributed by atoms with van der Waals surface area (Å²) in [5, 5.41) is 0. The molecule has 0 spiro atoms. The van der Waals surface area contributed by atoms with E-state index in [2.05, 4.69) is 0 Å². The zero-order valence-electron chi connectivity index (χ0n) is 12.1. The van der Waals surface area contributed by atoms with Gasteiger partial charge in [0, 0.05) is 24.3 Å². The summed E-state index contributed by atoms with van der Waals surface area (Å²) in [6.45, 7) is 5.81. The molecule has 4 nitrogen and oxygen atoms in total. The summed E-state index contributed by atoms with van der Waals surface area (Å²) in [5.41, 5.74) is 8.04. The van der Waals surface area contributed by atoms with Crippen molar-refractivity contribution in [1.82, 2.24) is 0 Å². The molecule has 1 aromatic rings. The summed E-state index contributed by atoms with van der Waals surface area (Å²) in [6.07, 6.45) is 0. The summed E-state index contributed by atoms with van der Waals surface area (Å²) in [5.74, 6) is -0.0214. The number of nitrogens with zero attached hydrogens (tertiary/aromatic N) is 1. The van der Waals surface area contributed by atoms with E-state index in [4.69, 9.17) is 5.73 Å². The molecule has 0 saturated carbocycles. The maximum atomic E-state index is 13.7. The molecule has 1 saturated heterocycles. The van der Waals surface area contributed by atoms with E-state index < -0.39 is 9.84 Å². The average molecular weight is 300 g/mol. The van der Waals surface area contributed by atoms with Crippen molar-refractivity contribution >= 4 is 15.5 Å². The van der Waals surface area contributed by atoms with Gasteiger partial charge in [0.15, 0.2) is 9.84 Å². The predicted octanol–water partition coefficient (Wildman–Crippen LogP) is 1.78. The molecule has 6 heteroatoms. The van der Waals surface area contributed by atoms with Gasteiger partial charge in [0.05, 0.1) is 11.5 Å². The van der Waals surface area contributed by atoms with Gasteiger partial charge in [0.25, 0.3) is 0 Å². The molecular weight excluding hydrogens is 279 g/mol. The Morgan fingerprint density at radius 2 is 2.10 bits per heavy atom. The van der Waals surface area contributed by atoms with Gasteiger partial charge in [-0.3, -0.25) is 0 Å². The monoisotopic (exact) mass is 300 g/mol. The van der Waals surface area contributed by atoms with Gasteiger partial charge in [-0.15, -0.1) is 0 Å². The number of halogens is 1. The Labute approximate surface area is 119 Å². The second kappa shape index (κ2) is 5.33. The lowest BCUT2D eigenvalue weighted by Crippen LogP contribution is -2.47. The SMILES string of the molecule is Cc1cc(N2CCS(=O)(=O)CC2C)c([C@H](C)N)cc1F. The van der Waals surface area contributed by atoms with Crippen LogP contribution in [0.5, 0.6) is 0 Å². The van der Waals surface area contributed by atoms with E-state index in [1.807, 2.05) is 11.8 Å². The molecule has 20 heavy (non-hydrogen) atoms. The maximum Gasteiger partial charge on any atom is 0.154 e. The number of rotatable bonds is 2. The topological polar surface area (TPSA) is 63.4 Å². The minimum Gasteiger partial charge on any atom is -0.367 e. The third-order valence-corrected chi connectivity index (χ3v) is 5.57. The molecule has 0 aliphatic carbocycles. The van der Waals surface area contributed by atoms with Crippen LogP contribution in [0.1, 0.15) is 31.0 Å². The lowest BCUT2D eigenvalue weighted by atomic mass is 10.0. The number of anilines is 1. The Morgan fingerprint density at radius 1 is 1.45 bits per heavy atom. The third kappa shape index (κ3) is 2.96. The molecule has 1 unspecified atom stereocenters. The summed E-state index contributed by atoms with van der Waals surface area (Å²) in [7, 11) is -2.97. The normalized spacial score (nSPS) is 23.6. The van der Waals surface area contributed by atoms with Crippen molar-refractivity contribution in [1.29, 1.82) is 0 Å². The standard InChI is InChI=1S/C14H21FN2O2S/c1-9-6-14(12(11(3)16)7-13(9)15)17-4-5-20(18,19)8-10(17)2/h6-7,10-11H,4-5,8,16H2,1-3H3/t10?,11-/m0/s1. The molecule has 2 N–H and O–H groups in total. The van der Waals surface area contributed by atoms with Crippen molar-refractivity contribution in [2.24, 2.45) is 5.73 Å². The number of sulfone groups is 1. The van der Waals surface area contributed by atoms with Gasteiger partial charge in [0.1, 0.15) is 5.82 Å². The lowest BCUT2D eigenvalue weighted by Gasteiger charge is -2.37. The van der Waals surface area contributed by atoms with Crippen molar-refractivity contribution in [2.75, 3.05) is 23.0 Å². The van der Waals surface area contributed by atoms with E-state index >= 15 is 0 Å². The molecule has 0 amide bonds. The zero-order valence-corrected chi connectivity index (χ0v) is 12.9. The highest BCUT2D eigenvalue weighted by atomic mass is 32.2. The number of nitrogens with two attached hydrogens (primary N) is 1. The fourth-order valence-corrected chi connectivity index (χ4v) is 4.21. The zero-order chi connectivity index (χ0) is 15.1. The van der Waals surface area contributed by atoms with Gasteiger partial charge < -0.3 is 10.6 Å². The molecule has 1 aliphatic heterocycles. The van der Waals surface area contributed by atoms with Crippen LogP contribution in [0, 0.1) is 12.7 Å². The minimum absolute atomic E-state index is 0.127. The highest BCUT2D eigenvalue weighted by Crippen LogP contribution is 2.31. The van der Waals surface area contributed by atoms with Gasteiger partial charge in [-0.25, -0.2) is 12.8 Å². The third-order valence-electron chi connectivity index (χ3n) is 3.78. The second-order valence-corrected chi connectivity index (χ2v) is 7.83. The summed E-state index contributed by atoms with van der Waals surface area (Å²) >= 11 is 0. The Morgan fingerprint density at radius 3 is 2.65 bits per heavy atom. The summed E-state index contributed by atoms with van der Waals surface area (Å²) in [6, 6.07) is 2.80. The van der Waals surface area contributed by atoms with Crippen molar-refractivity contribution in [2.45, 2.75) is 32.9 Å². The van der Waals surface area contributed by atoms with Gasteiger partial charge in [-0.1, -0.05) is 0 Å². The first-order valence-electron chi connectivity index (χ1n) is 6.74. The van der Waals surface area contributed by atoms with E-state index in [-0.39, 0.29) is 29.4 Å². The van der Waals surface area contributed by atoms with Gasteiger partial charge in [0.2, 0.25) is 0 Å². The Bertz CT molecular complexity index is 614. The van der Waals surface area contributed by atoms with E-state index in [0.717, 1.165) is 11.3 Å². The number of hydrogen-bond acceptors (Lipinski definition) is 4. The van der Waals surface area contributed by atoms with Crippen LogP contribution in [0.25, 0.3) is 0 Å². The number of hydrogen-bond donors (Lipinski definition) is 1. The molecule has 112 valence electrons. The molecule has 0 bridgehead atoms. The minimum atomic E-state index is -2.97. The largest absolute Gasteiger partial charge is 0.367 e. The van der Waals surface area contributed by atoms with E-state index in [0.29, 0.717) is 12.1 Å². The maximum absolute atomic E-state index is 13.7. The Balaban J connectivity index is 2.44. The number of aryl methyl sites for hydroxylation is 1. The highest BCUT2D eigenvalue weighted by molar-refractivity contribution is 7.91. The van der Waals surface area contributed by atoms with Crippen molar-refractivity contribution in [3.63, 3.8) is 0 Å². The Kier molecular flexibility index (Phi) is 4.07. The van der Waals surface area contributed by atoms with Gasteiger partial charge >= 0.3 is 0 Å². The molecule has 0 aromatic heterocycles. The van der Waals surface area contributed by atoms with Crippen LogP contribution in [-0.2, 0) is 9.84 Å². The van der Waals surface area contributed by atoms with E-state index in [1.54, 1.807) is 19.9 Å². The molecule has 1 aliphatic rings. The van der Waals surface area contributed by atoms with E-state index in [9.17, 15) is 12.8 Å². The fraction of sp³-hybridized carbons (Fsp3) is 0.571. The molecule has 0 radical (unpaired) electrons. The predicted molar refractivity (Wildman–Crippen MR) is 79.2 cm³/mol.